The molecule has 1 aromatic carbocycles. The molecule has 0 radical (unpaired) electrons. The van der Waals surface area contributed by atoms with Crippen molar-refractivity contribution in [3.8, 4) is 0 Å². The zero-order valence-electron chi connectivity index (χ0n) is 14.4. The van der Waals surface area contributed by atoms with Crippen molar-refractivity contribution in [2.75, 3.05) is 19.7 Å². The molecule has 24 heavy (non-hydrogen) atoms. The first kappa shape index (κ1) is 18.7. The van der Waals surface area contributed by atoms with Crippen molar-refractivity contribution in [1.29, 1.82) is 0 Å². The summed E-state index contributed by atoms with van der Waals surface area (Å²) in [6.45, 7) is 7.68. The Bertz CT molecular complexity index is 574. The fraction of sp³-hybridized carbons (Fsp3) is 0.556. The van der Waals surface area contributed by atoms with Crippen LogP contribution in [0.15, 0.2) is 24.3 Å². The van der Waals surface area contributed by atoms with Gasteiger partial charge in [-0.2, -0.15) is 0 Å². The average molecular weight is 353 g/mol. The number of hydrogen-bond acceptors (Lipinski definition) is 3. The molecule has 0 bridgehead atoms. The Balaban J connectivity index is 2.08. The number of carbonyl (C=O) groups is 2. The summed E-state index contributed by atoms with van der Waals surface area (Å²) in [6, 6.07) is 6.12. The number of carbonyl (C=O) groups excluding carboxylic acids is 2. The van der Waals surface area contributed by atoms with Crippen LogP contribution in [0.4, 0.5) is 0 Å². The maximum Gasteiger partial charge on any atom is 0.251 e. The molecule has 1 heterocycles. The number of nitrogens with one attached hydrogen (secondary N) is 1. The normalized spacial score (nSPS) is 19.2. The van der Waals surface area contributed by atoms with Gasteiger partial charge in [0.25, 0.3) is 5.91 Å². The molecule has 6 heteroatoms. The van der Waals surface area contributed by atoms with Crippen LogP contribution in [0.5, 0.6) is 0 Å². The standard InChI is InChI=1S/C18H25ClN2O3/c1-12(2)10-16(18(23)21-8-9-24-13(3)11-21)20-17(22)14-4-6-15(19)7-5-14/h4-7,12-13,16H,8-11H2,1-3H3,(H,20,22)/t13-,16-/m1/s1. The van der Waals surface area contributed by atoms with Crippen molar-refractivity contribution >= 4 is 23.4 Å². The lowest BCUT2D eigenvalue weighted by Crippen LogP contribution is -2.53. The number of morpholine rings is 1. The highest BCUT2D eigenvalue weighted by Gasteiger charge is 2.29. The van der Waals surface area contributed by atoms with E-state index < -0.39 is 6.04 Å². The molecule has 1 aliphatic heterocycles. The molecule has 1 fully saturated rings. The average Bonchev–Trinajstić information content (AvgIpc) is 2.53. The Hall–Kier alpha value is -1.59. The molecule has 0 unspecified atom stereocenters. The molecule has 1 aliphatic rings. The van der Waals surface area contributed by atoms with E-state index in [1.54, 1.807) is 29.2 Å². The summed E-state index contributed by atoms with van der Waals surface area (Å²) in [5.41, 5.74) is 0.497. The number of amides is 2. The Morgan fingerprint density at radius 1 is 1.33 bits per heavy atom. The van der Waals surface area contributed by atoms with Gasteiger partial charge in [-0.1, -0.05) is 25.4 Å². The molecule has 1 aromatic rings. The van der Waals surface area contributed by atoms with Gasteiger partial charge in [-0.3, -0.25) is 9.59 Å². The second-order valence-corrected chi connectivity index (χ2v) is 7.06. The fourth-order valence-electron chi connectivity index (χ4n) is 2.77. The third-order valence-corrected chi connectivity index (χ3v) is 4.22. The van der Waals surface area contributed by atoms with E-state index in [2.05, 4.69) is 5.32 Å². The second kappa shape index (κ2) is 8.49. The van der Waals surface area contributed by atoms with E-state index in [4.69, 9.17) is 16.3 Å². The first-order valence-electron chi connectivity index (χ1n) is 8.33. The summed E-state index contributed by atoms with van der Waals surface area (Å²) in [5.74, 6) is -0.00364. The lowest BCUT2D eigenvalue weighted by Gasteiger charge is -2.34. The molecular weight excluding hydrogens is 328 g/mol. The molecule has 2 atom stereocenters. The Morgan fingerprint density at radius 3 is 2.58 bits per heavy atom. The van der Waals surface area contributed by atoms with E-state index in [1.165, 1.54) is 0 Å². The first-order valence-corrected chi connectivity index (χ1v) is 8.71. The fourth-order valence-corrected chi connectivity index (χ4v) is 2.90. The molecule has 1 saturated heterocycles. The Morgan fingerprint density at radius 2 is 2.00 bits per heavy atom. The van der Waals surface area contributed by atoms with E-state index in [0.717, 1.165) is 0 Å². The molecule has 5 nitrogen and oxygen atoms in total. The highest BCUT2D eigenvalue weighted by Crippen LogP contribution is 2.14. The van der Waals surface area contributed by atoms with Crippen molar-refractivity contribution < 1.29 is 14.3 Å². The summed E-state index contributed by atoms with van der Waals surface area (Å²) in [6.07, 6.45) is 0.624. The van der Waals surface area contributed by atoms with Crippen LogP contribution in [0, 0.1) is 5.92 Å². The van der Waals surface area contributed by atoms with Crippen LogP contribution in [0.3, 0.4) is 0 Å². The minimum Gasteiger partial charge on any atom is -0.375 e. The smallest absolute Gasteiger partial charge is 0.251 e. The molecular formula is C18H25ClN2O3. The maximum atomic E-state index is 12.8. The molecule has 0 aromatic heterocycles. The maximum absolute atomic E-state index is 12.8. The molecule has 0 saturated carbocycles. The van der Waals surface area contributed by atoms with Gasteiger partial charge in [-0.15, -0.1) is 0 Å². The summed E-state index contributed by atoms with van der Waals surface area (Å²) >= 11 is 5.85. The summed E-state index contributed by atoms with van der Waals surface area (Å²) < 4.78 is 5.49. The van der Waals surface area contributed by atoms with Gasteiger partial charge in [0.05, 0.1) is 12.7 Å². The summed E-state index contributed by atoms with van der Waals surface area (Å²) in [5, 5.41) is 3.45. The van der Waals surface area contributed by atoms with Crippen LogP contribution in [0.1, 0.15) is 37.6 Å². The van der Waals surface area contributed by atoms with Crippen LogP contribution >= 0.6 is 11.6 Å². The van der Waals surface area contributed by atoms with E-state index in [0.29, 0.717) is 42.6 Å². The third kappa shape index (κ3) is 5.21. The van der Waals surface area contributed by atoms with Gasteiger partial charge in [-0.25, -0.2) is 0 Å². The number of nitrogens with zero attached hydrogens (tertiary/aromatic N) is 1. The van der Waals surface area contributed by atoms with Crippen molar-refractivity contribution in [1.82, 2.24) is 10.2 Å². The second-order valence-electron chi connectivity index (χ2n) is 6.63. The molecule has 2 rings (SSSR count). The van der Waals surface area contributed by atoms with E-state index in [-0.39, 0.29) is 17.9 Å². The van der Waals surface area contributed by atoms with E-state index in [9.17, 15) is 9.59 Å². The van der Waals surface area contributed by atoms with Crippen LogP contribution < -0.4 is 5.32 Å². The minimum absolute atomic E-state index is 0.0226. The van der Waals surface area contributed by atoms with Crippen molar-refractivity contribution in [3.63, 3.8) is 0 Å². The molecule has 0 spiro atoms. The molecule has 1 N–H and O–H groups in total. The Labute approximate surface area is 148 Å². The first-order chi connectivity index (χ1) is 11.4. The largest absolute Gasteiger partial charge is 0.375 e. The number of benzene rings is 1. The predicted octanol–water partition coefficient (Wildman–Crippen LogP) is 2.73. The minimum atomic E-state index is -0.529. The Kier molecular flexibility index (Phi) is 6.63. The monoisotopic (exact) mass is 352 g/mol. The van der Waals surface area contributed by atoms with Crippen molar-refractivity contribution in [2.45, 2.75) is 39.3 Å². The number of rotatable bonds is 5. The van der Waals surface area contributed by atoms with Gasteiger partial charge in [0.2, 0.25) is 5.91 Å². The summed E-state index contributed by atoms with van der Waals surface area (Å²) in [7, 11) is 0. The predicted molar refractivity (Wildman–Crippen MR) is 94.2 cm³/mol. The SMILES string of the molecule is CC(C)C[C@@H](NC(=O)c1ccc(Cl)cc1)C(=O)N1CCO[C@H](C)C1. The molecule has 0 aliphatic carbocycles. The van der Waals surface area contributed by atoms with Gasteiger partial charge in [0, 0.05) is 23.7 Å². The lowest BCUT2D eigenvalue weighted by atomic mass is 10.0. The quantitative estimate of drug-likeness (QED) is 0.886. The van der Waals surface area contributed by atoms with E-state index >= 15 is 0 Å². The zero-order chi connectivity index (χ0) is 17.7. The van der Waals surface area contributed by atoms with Gasteiger partial charge in [0.1, 0.15) is 6.04 Å². The number of hydrogen-bond donors (Lipinski definition) is 1. The molecule has 132 valence electrons. The van der Waals surface area contributed by atoms with Gasteiger partial charge < -0.3 is 15.0 Å². The number of ether oxygens (including phenoxy) is 1. The lowest BCUT2D eigenvalue weighted by molar-refractivity contribution is -0.140. The topological polar surface area (TPSA) is 58.6 Å². The third-order valence-electron chi connectivity index (χ3n) is 3.97. The van der Waals surface area contributed by atoms with E-state index in [1.807, 2.05) is 20.8 Å². The summed E-state index contributed by atoms with van der Waals surface area (Å²) in [4.78, 5) is 27.1. The van der Waals surface area contributed by atoms with Crippen LogP contribution in [-0.4, -0.2) is 48.6 Å². The highest BCUT2D eigenvalue weighted by molar-refractivity contribution is 6.30. The zero-order valence-corrected chi connectivity index (χ0v) is 15.2. The van der Waals surface area contributed by atoms with Crippen molar-refractivity contribution in [3.05, 3.63) is 34.9 Å². The number of halogens is 1. The van der Waals surface area contributed by atoms with Crippen LogP contribution in [-0.2, 0) is 9.53 Å². The highest BCUT2D eigenvalue weighted by atomic mass is 35.5. The molecule has 2 amide bonds. The van der Waals surface area contributed by atoms with Gasteiger partial charge >= 0.3 is 0 Å². The van der Waals surface area contributed by atoms with Gasteiger partial charge in [-0.05, 0) is 43.5 Å². The van der Waals surface area contributed by atoms with Gasteiger partial charge in [0.15, 0.2) is 0 Å². The van der Waals surface area contributed by atoms with Crippen LogP contribution in [0.25, 0.3) is 0 Å². The van der Waals surface area contributed by atoms with Crippen molar-refractivity contribution in [2.24, 2.45) is 5.92 Å². The van der Waals surface area contributed by atoms with Crippen LogP contribution in [0.2, 0.25) is 5.02 Å².